The monoisotopic (exact) mass is 356 g/mol. The van der Waals surface area contributed by atoms with Crippen LogP contribution in [0.1, 0.15) is 44.2 Å². The fourth-order valence-electron chi connectivity index (χ4n) is 4.63. The second-order valence-electron chi connectivity index (χ2n) is 8.24. The summed E-state index contributed by atoms with van der Waals surface area (Å²) in [6.45, 7) is 2.03. The molecule has 1 N–H and O–H groups in total. The van der Waals surface area contributed by atoms with E-state index < -0.39 is 0 Å². The summed E-state index contributed by atoms with van der Waals surface area (Å²) in [5.74, 6) is 0.245. The standard InChI is InChI=1S/C20H28N4O2/c1-23(13-16-8-4-5-10-21-16)18(25)17-12-20(17)9-11-24(14-20)19(26)22-15-6-2-3-7-15/h4-5,8,10,15,17H,2-3,6-7,9,11-14H2,1H3,(H,22,26)/t17-,20+/m1/s1. The Bertz CT molecular complexity index is 674. The molecule has 1 saturated heterocycles. The molecule has 2 aliphatic carbocycles. The van der Waals surface area contributed by atoms with Gasteiger partial charge in [0.25, 0.3) is 0 Å². The predicted molar refractivity (Wildman–Crippen MR) is 98.2 cm³/mol. The first-order valence-corrected chi connectivity index (χ1v) is 9.78. The van der Waals surface area contributed by atoms with Crippen LogP contribution in [0.15, 0.2) is 24.4 Å². The number of pyridine rings is 1. The summed E-state index contributed by atoms with van der Waals surface area (Å²) >= 11 is 0. The number of carbonyl (C=O) groups excluding carboxylic acids is 2. The van der Waals surface area contributed by atoms with Crippen LogP contribution in [0.3, 0.4) is 0 Å². The van der Waals surface area contributed by atoms with E-state index in [1.807, 2.05) is 30.1 Å². The van der Waals surface area contributed by atoms with Crippen LogP contribution in [-0.2, 0) is 11.3 Å². The van der Waals surface area contributed by atoms with Gasteiger partial charge >= 0.3 is 6.03 Å². The summed E-state index contributed by atoms with van der Waals surface area (Å²) in [4.78, 5) is 33.3. The van der Waals surface area contributed by atoms with Gasteiger partial charge in [0.05, 0.1) is 12.2 Å². The van der Waals surface area contributed by atoms with Gasteiger partial charge in [0, 0.05) is 43.7 Å². The first-order chi connectivity index (χ1) is 12.6. The zero-order valence-electron chi connectivity index (χ0n) is 15.5. The number of rotatable bonds is 4. The van der Waals surface area contributed by atoms with Crippen LogP contribution in [0.25, 0.3) is 0 Å². The Kier molecular flexibility index (Phi) is 4.59. The molecule has 1 aromatic heterocycles. The fourth-order valence-corrected chi connectivity index (χ4v) is 4.63. The quantitative estimate of drug-likeness (QED) is 0.901. The van der Waals surface area contributed by atoms with E-state index in [0.717, 1.165) is 44.5 Å². The maximum atomic E-state index is 12.8. The molecule has 1 spiro atoms. The summed E-state index contributed by atoms with van der Waals surface area (Å²) < 4.78 is 0. The number of aromatic nitrogens is 1. The third-order valence-electron chi connectivity index (χ3n) is 6.34. The Morgan fingerprint density at radius 1 is 1.35 bits per heavy atom. The Morgan fingerprint density at radius 2 is 2.15 bits per heavy atom. The lowest BCUT2D eigenvalue weighted by molar-refractivity contribution is -0.132. The van der Waals surface area contributed by atoms with Gasteiger partial charge in [-0.3, -0.25) is 9.78 Å². The van der Waals surface area contributed by atoms with Crippen molar-refractivity contribution in [1.29, 1.82) is 0 Å². The average molecular weight is 356 g/mol. The molecular formula is C20H28N4O2. The maximum absolute atomic E-state index is 12.8. The number of likely N-dealkylation sites (tertiary alicyclic amines) is 1. The van der Waals surface area contributed by atoms with Crippen LogP contribution in [0.2, 0.25) is 0 Å². The van der Waals surface area contributed by atoms with Crippen molar-refractivity contribution in [2.45, 2.75) is 51.1 Å². The van der Waals surface area contributed by atoms with Gasteiger partial charge in [-0.1, -0.05) is 18.9 Å². The molecule has 6 nitrogen and oxygen atoms in total. The predicted octanol–water partition coefficient (Wildman–Crippen LogP) is 2.40. The first-order valence-electron chi connectivity index (χ1n) is 9.78. The van der Waals surface area contributed by atoms with Crippen LogP contribution in [0, 0.1) is 11.3 Å². The smallest absolute Gasteiger partial charge is 0.317 e. The summed E-state index contributed by atoms with van der Waals surface area (Å²) in [6, 6.07) is 6.17. The van der Waals surface area contributed by atoms with Crippen molar-refractivity contribution in [3.63, 3.8) is 0 Å². The molecule has 0 unspecified atom stereocenters. The first kappa shape index (κ1) is 17.3. The molecule has 4 rings (SSSR count). The van der Waals surface area contributed by atoms with E-state index in [1.54, 1.807) is 11.1 Å². The van der Waals surface area contributed by atoms with Crippen molar-refractivity contribution in [1.82, 2.24) is 20.1 Å². The normalized spacial score (nSPS) is 27.7. The number of nitrogens with one attached hydrogen (secondary N) is 1. The minimum atomic E-state index is 0.0163. The number of nitrogens with zero attached hydrogens (tertiary/aromatic N) is 3. The van der Waals surface area contributed by atoms with Gasteiger partial charge in [-0.2, -0.15) is 0 Å². The molecule has 2 saturated carbocycles. The van der Waals surface area contributed by atoms with Crippen molar-refractivity contribution in [2.75, 3.05) is 20.1 Å². The lowest BCUT2D eigenvalue weighted by Gasteiger charge is -2.21. The number of hydrogen-bond donors (Lipinski definition) is 1. The van der Waals surface area contributed by atoms with E-state index in [4.69, 9.17) is 0 Å². The van der Waals surface area contributed by atoms with Gasteiger partial charge in [-0.25, -0.2) is 4.79 Å². The highest BCUT2D eigenvalue weighted by Gasteiger charge is 2.62. The molecule has 3 fully saturated rings. The van der Waals surface area contributed by atoms with Gasteiger partial charge in [-0.15, -0.1) is 0 Å². The maximum Gasteiger partial charge on any atom is 0.317 e. The van der Waals surface area contributed by atoms with Gasteiger partial charge in [0.2, 0.25) is 5.91 Å². The molecule has 3 amide bonds. The zero-order valence-corrected chi connectivity index (χ0v) is 15.5. The van der Waals surface area contributed by atoms with Crippen molar-refractivity contribution < 1.29 is 9.59 Å². The van der Waals surface area contributed by atoms with Gasteiger partial charge in [0.15, 0.2) is 0 Å². The summed E-state index contributed by atoms with van der Waals surface area (Å²) in [7, 11) is 1.85. The Morgan fingerprint density at radius 3 is 2.88 bits per heavy atom. The number of carbonyl (C=O) groups is 2. The van der Waals surface area contributed by atoms with Crippen LogP contribution < -0.4 is 5.32 Å². The van der Waals surface area contributed by atoms with Gasteiger partial charge in [0.1, 0.15) is 0 Å². The van der Waals surface area contributed by atoms with Gasteiger partial charge < -0.3 is 15.1 Å². The molecule has 2 heterocycles. The van der Waals surface area contributed by atoms with Crippen molar-refractivity contribution in [3.8, 4) is 0 Å². The van der Waals surface area contributed by atoms with E-state index in [9.17, 15) is 9.59 Å². The van der Waals surface area contributed by atoms with E-state index in [2.05, 4.69) is 10.3 Å². The molecule has 6 heteroatoms. The number of urea groups is 1. The third-order valence-corrected chi connectivity index (χ3v) is 6.34. The van der Waals surface area contributed by atoms with Gasteiger partial charge in [-0.05, 0) is 37.8 Å². The van der Waals surface area contributed by atoms with E-state index in [-0.39, 0.29) is 23.3 Å². The van der Waals surface area contributed by atoms with E-state index in [1.165, 1.54) is 12.8 Å². The summed E-state index contributed by atoms with van der Waals surface area (Å²) in [6.07, 6.45) is 8.24. The third kappa shape index (κ3) is 3.41. The molecule has 1 aromatic rings. The Labute approximate surface area is 155 Å². The molecule has 0 aromatic carbocycles. The topological polar surface area (TPSA) is 65.5 Å². The molecule has 1 aliphatic heterocycles. The average Bonchev–Trinajstić information content (AvgIpc) is 2.98. The largest absolute Gasteiger partial charge is 0.340 e. The second kappa shape index (κ2) is 6.89. The van der Waals surface area contributed by atoms with E-state index in [0.29, 0.717) is 12.6 Å². The van der Waals surface area contributed by atoms with Crippen LogP contribution in [-0.4, -0.2) is 52.9 Å². The summed E-state index contributed by atoms with van der Waals surface area (Å²) in [5, 5.41) is 3.17. The zero-order chi connectivity index (χ0) is 18.1. The molecule has 26 heavy (non-hydrogen) atoms. The van der Waals surface area contributed by atoms with Crippen LogP contribution in [0.5, 0.6) is 0 Å². The number of amides is 3. The highest BCUT2D eigenvalue weighted by atomic mass is 16.2. The van der Waals surface area contributed by atoms with Crippen LogP contribution >= 0.6 is 0 Å². The second-order valence-corrected chi connectivity index (χ2v) is 8.24. The highest BCUT2D eigenvalue weighted by molar-refractivity contribution is 5.83. The lowest BCUT2D eigenvalue weighted by Crippen LogP contribution is -2.43. The molecular weight excluding hydrogens is 328 g/mol. The molecule has 0 radical (unpaired) electrons. The Balaban J connectivity index is 1.29. The molecule has 140 valence electrons. The van der Waals surface area contributed by atoms with Crippen molar-refractivity contribution >= 4 is 11.9 Å². The lowest BCUT2D eigenvalue weighted by atomic mass is 10.0. The molecule has 0 bridgehead atoms. The minimum Gasteiger partial charge on any atom is -0.340 e. The van der Waals surface area contributed by atoms with Crippen molar-refractivity contribution in [2.24, 2.45) is 11.3 Å². The SMILES string of the molecule is CN(Cc1ccccn1)C(=O)[C@H]1C[C@]12CCN(C(=O)NC1CCCC1)C2. The minimum absolute atomic E-state index is 0.0163. The fraction of sp³-hybridized carbons (Fsp3) is 0.650. The Hall–Kier alpha value is -2.11. The number of hydrogen-bond acceptors (Lipinski definition) is 3. The highest BCUT2D eigenvalue weighted by Crippen LogP contribution is 2.59. The molecule has 3 aliphatic rings. The van der Waals surface area contributed by atoms with Crippen molar-refractivity contribution in [3.05, 3.63) is 30.1 Å². The molecule has 2 atom stereocenters. The van der Waals surface area contributed by atoms with E-state index >= 15 is 0 Å². The van der Waals surface area contributed by atoms with Crippen LogP contribution in [0.4, 0.5) is 4.79 Å². The summed E-state index contributed by atoms with van der Waals surface area (Å²) in [5.41, 5.74) is 0.921.